The maximum atomic E-state index is 8.86. The van der Waals surface area contributed by atoms with E-state index in [1.54, 1.807) is 0 Å². The minimum absolute atomic E-state index is 0.234. The predicted octanol–water partition coefficient (Wildman–Crippen LogP) is 1.80. The Morgan fingerprint density at radius 1 is 1.18 bits per heavy atom. The van der Waals surface area contributed by atoms with Gasteiger partial charge in [-0.25, -0.2) is 0 Å². The highest BCUT2D eigenvalue weighted by molar-refractivity contribution is 6.21. The first-order valence-electron chi connectivity index (χ1n) is 4.06. The van der Waals surface area contributed by atoms with E-state index in [4.69, 9.17) is 16.9 Å². The summed E-state index contributed by atoms with van der Waals surface area (Å²) in [6, 6.07) is 2.38. The van der Waals surface area contributed by atoms with Crippen LogP contribution in [-0.2, 0) is 0 Å². The minimum Gasteiger partial charge on any atom is -0.198 e. The summed E-state index contributed by atoms with van der Waals surface area (Å²) in [7, 11) is 0. The molecule has 6 atom stereocenters. The lowest BCUT2D eigenvalue weighted by Gasteiger charge is -2.22. The fraction of sp³-hybridized carbons (Fsp3) is 0.667. The molecule has 0 aromatic carbocycles. The van der Waals surface area contributed by atoms with Gasteiger partial charge >= 0.3 is 0 Å². The smallest absolute Gasteiger partial charge is 0.0665 e. The van der Waals surface area contributed by atoms with Gasteiger partial charge in [-0.05, 0) is 17.8 Å². The largest absolute Gasteiger partial charge is 0.198 e. The molecular weight excluding hydrogens is 158 g/mol. The quantitative estimate of drug-likeness (QED) is 0.397. The van der Waals surface area contributed by atoms with Gasteiger partial charge in [0, 0.05) is 11.3 Å². The summed E-state index contributed by atoms with van der Waals surface area (Å²) in [5, 5.41) is 9.12. The molecule has 0 heterocycles. The Labute approximate surface area is 70.6 Å². The van der Waals surface area contributed by atoms with Gasteiger partial charge in [-0.3, -0.25) is 0 Å². The zero-order chi connectivity index (χ0) is 7.59. The first-order chi connectivity index (χ1) is 5.34. The molecule has 3 unspecified atom stereocenters. The third-order valence-electron chi connectivity index (χ3n) is 3.46. The molecule has 0 aromatic heterocycles. The minimum atomic E-state index is 0.234. The number of nitrogens with zero attached hydrogens (tertiary/aromatic N) is 1. The molecule has 4 bridgehead atoms. The highest BCUT2D eigenvalue weighted by Gasteiger charge is 2.67. The predicted molar refractivity (Wildman–Crippen MR) is 41.8 cm³/mol. The molecule has 4 aliphatic carbocycles. The Hall–Kier alpha value is -0.480. The highest BCUT2D eigenvalue weighted by Crippen LogP contribution is 2.67. The van der Waals surface area contributed by atoms with Gasteiger partial charge in [0.05, 0.1) is 12.0 Å². The van der Waals surface area contributed by atoms with Crippen molar-refractivity contribution in [1.29, 1.82) is 5.26 Å². The Morgan fingerprint density at radius 2 is 1.91 bits per heavy atom. The van der Waals surface area contributed by atoms with Crippen LogP contribution in [0.2, 0.25) is 0 Å². The van der Waals surface area contributed by atoms with Crippen LogP contribution in [0.4, 0.5) is 0 Å². The second-order valence-corrected chi connectivity index (χ2v) is 4.30. The van der Waals surface area contributed by atoms with Crippen molar-refractivity contribution in [2.24, 2.45) is 29.6 Å². The van der Waals surface area contributed by atoms with E-state index in [0.717, 1.165) is 0 Å². The lowest BCUT2D eigenvalue weighted by Crippen LogP contribution is -2.22. The zero-order valence-electron chi connectivity index (χ0n) is 5.94. The monoisotopic (exact) mass is 165 g/mol. The molecule has 4 rings (SSSR count). The van der Waals surface area contributed by atoms with Crippen molar-refractivity contribution in [3.05, 3.63) is 12.2 Å². The molecule has 4 aliphatic rings. The van der Waals surface area contributed by atoms with Crippen LogP contribution in [0.1, 0.15) is 0 Å². The van der Waals surface area contributed by atoms with Gasteiger partial charge in [0.15, 0.2) is 0 Å². The van der Waals surface area contributed by atoms with Gasteiger partial charge < -0.3 is 0 Å². The van der Waals surface area contributed by atoms with Gasteiger partial charge in [0.1, 0.15) is 0 Å². The molecule has 1 nitrogen and oxygen atoms in total. The highest BCUT2D eigenvalue weighted by atomic mass is 35.5. The van der Waals surface area contributed by atoms with E-state index in [1.165, 1.54) is 0 Å². The Balaban J connectivity index is 2.08. The summed E-state index contributed by atoms with van der Waals surface area (Å²) in [6.07, 6.45) is 4.41. The molecular formula is C9H8ClN. The summed E-state index contributed by atoms with van der Waals surface area (Å²) in [4.78, 5) is 0. The van der Waals surface area contributed by atoms with E-state index < -0.39 is 0 Å². The van der Waals surface area contributed by atoms with E-state index in [2.05, 4.69) is 18.2 Å². The van der Waals surface area contributed by atoms with Crippen molar-refractivity contribution in [1.82, 2.24) is 0 Å². The van der Waals surface area contributed by atoms with Gasteiger partial charge in [-0.1, -0.05) is 12.2 Å². The van der Waals surface area contributed by atoms with Crippen LogP contribution in [0.15, 0.2) is 12.2 Å². The molecule has 2 saturated carbocycles. The molecule has 0 spiro atoms. The number of halogens is 1. The molecule has 0 amide bonds. The Morgan fingerprint density at radius 3 is 2.27 bits per heavy atom. The normalized spacial score (nSPS) is 62.5. The fourth-order valence-electron chi connectivity index (χ4n) is 2.91. The third kappa shape index (κ3) is 0.509. The van der Waals surface area contributed by atoms with Crippen molar-refractivity contribution in [3.63, 3.8) is 0 Å². The van der Waals surface area contributed by atoms with Crippen molar-refractivity contribution in [2.45, 2.75) is 5.38 Å². The summed E-state index contributed by atoms with van der Waals surface area (Å²) in [6.45, 7) is 0. The average Bonchev–Trinajstić information content (AvgIpc) is 2.70. The summed E-state index contributed by atoms with van der Waals surface area (Å²) in [5.74, 6) is 2.53. The molecule has 11 heavy (non-hydrogen) atoms. The molecule has 56 valence electrons. The van der Waals surface area contributed by atoms with Crippen LogP contribution in [0, 0.1) is 40.9 Å². The van der Waals surface area contributed by atoms with Crippen molar-refractivity contribution >= 4 is 11.6 Å². The number of rotatable bonds is 0. The molecule has 0 radical (unpaired) electrons. The van der Waals surface area contributed by atoms with Crippen LogP contribution in [-0.4, -0.2) is 5.38 Å². The number of hydrogen-bond acceptors (Lipinski definition) is 1. The van der Waals surface area contributed by atoms with Gasteiger partial charge in [-0.15, -0.1) is 11.6 Å². The number of nitriles is 1. The van der Waals surface area contributed by atoms with Crippen molar-refractivity contribution in [2.75, 3.05) is 0 Å². The molecule has 0 N–H and O–H groups in total. The van der Waals surface area contributed by atoms with E-state index in [9.17, 15) is 0 Å². The zero-order valence-corrected chi connectivity index (χ0v) is 6.70. The summed E-state index contributed by atoms with van der Waals surface area (Å²) in [5.41, 5.74) is 0. The number of alkyl halides is 1. The van der Waals surface area contributed by atoms with Crippen molar-refractivity contribution in [3.8, 4) is 6.07 Å². The Kier molecular flexibility index (Phi) is 0.908. The van der Waals surface area contributed by atoms with E-state index in [1.807, 2.05) is 0 Å². The second kappa shape index (κ2) is 1.64. The van der Waals surface area contributed by atoms with Gasteiger partial charge in [0.25, 0.3) is 0 Å². The van der Waals surface area contributed by atoms with Crippen LogP contribution in [0.5, 0.6) is 0 Å². The number of allylic oxidation sites excluding steroid dienone is 2. The molecule has 2 fully saturated rings. The fourth-order valence-corrected chi connectivity index (χ4v) is 3.49. The second-order valence-electron chi connectivity index (χ2n) is 3.79. The standard InChI is InChI=1S/C9H8ClN/c10-9-4-1-2-5-7(8(5)9)6(4)3-11/h1-2,4-9H/t4-,5?,6?,7-,8?,9-/m0/s1. The number of hydrogen-bond donors (Lipinski definition) is 0. The Bertz CT molecular complexity index is 278. The SMILES string of the molecule is N#CC1[C@@H]2C3C=C[C@@H]1[C@H](Cl)C32. The average molecular weight is 166 g/mol. The first-order valence-corrected chi connectivity index (χ1v) is 4.50. The van der Waals surface area contributed by atoms with Gasteiger partial charge in [0.2, 0.25) is 0 Å². The van der Waals surface area contributed by atoms with Gasteiger partial charge in [-0.2, -0.15) is 5.26 Å². The van der Waals surface area contributed by atoms with Crippen LogP contribution < -0.4 is 0 Å². The lowest BCUT2D eigenvalue weighted by molar-refractivity contribution is 0.440. The topological polar surface area (TPSA) is 23.8 Å². The maximum absolute atomic E-state index is 8.86. The van der Waals surface area contributed by atoms with Crippen molar-refractivity contribution < 1.29 is 0 Å². The van der Waals surface area contributed by atoms with E-state index in [-0.39, 0.29) is 11.3 Å². The molecule has 0 saturated heterocycles. The lowest BCUT2D eigenvalue weighted by atomic mass is 9.84. The van der Waals surface area contributed by atoms with Crippen LogP contribution in [0.25, 0.3) is 0 Å². The van der Waals surface area contributed by atoms with E-state index in [0.29, 0.717) is 23.7 Å². The van der Waals surface area contributed by atoms with Crippen LogP contribution >= 0.6 is 11.6 Å². The molecule has 0 aliphatic heterocycles. The third-order valence-corrected chi connectivity index (χ3v) is 4.04. The summed E-state index contributed by atoms with van der Waals surface area (Å²) >= 11 is 6.17. The first kappa shape index (κ1) is 6.08. The molecule has 2 heteroatoms. The van der Waals surface area contributed by atoms with E-state index >= 15 is 0 Å². The molecule has 0 aromatic rings. The maximum Gasteiger partial charge on any atom is 0.0665 e. The summed E-state index contributed by atoms with van der Waals surface area (Å²) < 4.78 is 0. The van der Waals surface area contributed by atoms with Crippen LogP contribution in [0.3, 0.4) is 0 Å².